The van der Waals surface area contributed by atoms with Gasteiger partial charge in [0.05, 0.1) is 19.8 Å². The van der Waals surface area contributed by atoms with Crippen molar-refractivity contribution in [2.45, 2.75) is 44.6 Å². The molecule has 2 N–H and O–H groups in total. The predicted octanol–water partition coefficient (Wildman–Crippen LogP) is 1.41. The predicted molar refractivity (Wildman–Crippen MR) is 97.8 cm³/mol. The van der Waals surface area contributed by atoms with Crippen LogP contribution in [-0.2, 0) is 22.6 Å². The van der Waals surface area contributed by atoms with Gasteiger partial charge in [-0.15, -0.1) is 10.2 Å². The Morgan fingerprint density at radius 2 is 2.17 bits per heavy atom. The maximum Gasteiger partial charge on any atom is 0.376 e. The molecule has 1 aromatic carbocycles. The van der Waals surface area contributed by atoms with E-state index in [4.69, 9.17) is 15.2 Å². The SMILES string of the molecule is CCOC(=O)c1nnc2n1CCN([C@H]1CO[C@H](c3cc(F)ccc3F)[C@@H](N)C1)C2. The van der Waals surface area contributed by atoms with Gasteiger partial charge in [-0.1, -0.05) is 0 Å². The molecule has 8 nitrogen and oxygen atoms in total. The van der Waals surface area contributed by atoms with Crippen LogP contribution in [0.25, 0.3) is 0 Å². The van der Waals surface area contributed by atoms with E-state index in [0.717, 1.165) is 18.2 Å². The van der Waals surface area contributed by atoms with E-state index >= 15 is 0 Å². The Bertz CT molecular complexity index is 906. The highest BCUT2D eigenvalue weighted by Gasteiger charge is 2.36. The van der Waals surface area contributed by atoms with Crippen LogP contribution in [0.15, 0.2) is 18.2 Å². The van der Waals surface area contributed by atoms with Gasteiger partial charge in [0.25, 0.3) is 0 Å². The van der Waals surface area contributed by atoms with E-state index in [1.165, 1.54) is 0 Å². The zero-order valence-electron chi connectivity index (χ0n) is 16.1. The molecule has 156 valence electrons. The van der Waals surface area contributed by atoms with Gasteiger partial charge >= 0.3 is 5.97 Å². The third-order valence-electron chi connectivity index (χ3n) is 5.42. The summed E-state index contributed by atoms with van der Waals surface area (Å²) in [7, 11) is 0. The number of ether oxygens (including phenoxy) is 2. The summed E-state index contributed by atoms with van der Waals surface area (Å²) in [4.78, 5) is 14.1. The van der Waals surface area contributed by atoms with Crippen molar-refractivity contribution in [3.8, 4) is 0 Å². The maximum absolute atomic E-state index is 14.1. The van der Waals surface area contributed by atoms with Gasteiger partial charge in [0.2, 0.25) is 5.82 Å². The molecule has 0 unspecified atom stereocenters. The van der Waals surface area contributed by atoms with Crippen molar-refractivity contribution in [3.05, 3.63) is 47.0 Å². The van der Waals surface area contributed by atoms with E-state index in [-0.39, 0.29) is 24.0 Å². The van der Waals surface area contributed by atoms with Gasteiger partial charge in [0.15, 0.2) is 0 Å². The molecule has 0 aliphatic carbocycles. The second-order valence-corrected chi connectivity index (χ2v) is 7.26. The number of aromatic nitrogens is 3. The number of esters is 1. The molecular weight excluding hydrogens is 384 g/mol. The Morgan fingerprint density at radius 1 is 1.34 bits per heavy atom. The third kappa shape index (κ3) is 3.87. The largest absolute Gasteiger partial charge is 0.460 e. The molecule has 0 spiro atoms. The molecule has 2 aliphatic rings. The Hall–Kier alpha value is -2.43. The summed E-state index contributed by atoms with van der Waals surface area (Å²) in [5, 5.41) is 8.07. The minimum absolute atomic E-state index is 0.00867. The number of fused-ring (bicyclic) bond motifs is 1. The Morgan fingerprint density at radius 3 is 2.93 bits per heavy atom. The third-order valence-corrected chi connectivity index (χ3v) is 5.42. The van der Waals surface area contributed by atoms with Crippen molar-refractivity contribution in [1.29, 1.82) is 0 Å². The second-order valence-electron chi connectivity index (χ2n) is 7.26. The molecule has 2 aromatic rings. The molecule has 0 saturated carbocycles. The first kappa shape index (κ1) is 19.9. The first-order chi connectivity index (χ1) is 14.0. The highest BCUT2D eigenvalue weighted by molar-refractivity contribution is 5.85. The average molecular weight is 407 g/mol. The maximum atomic E-state index is 14.1. The number of carbonyl (C=O) groups is 1. The molecular formula is C19H23F2N5O3. The molecule has 2 aliphatic heterocycles. The van der Waals surface area contributed by atoms with Crippen LogP contribution in [0.3, 0.4) is 0 Å². The number of nitrogens with two attached hydrogens (primary N) is 1. The van der Waals surface area contributed by atoms with Crippen LogP contribution in [0.5, 0.6) is 0 Å². The van der Waals surface area contributed by atoms with Crippen LogP contribution in [-0.4, -0.2) is 57.5 Å². The first-order valence-electron chi connectivity index (χ1n) is 9.63. The van der Waals surface area contributed by atoms with E-state index in [1.54, 1.807) is 11.5 Å². The number of nitrogens with zero attached hydrogens (tertiary/aromatic N) is 4. The lowest BCUT2D eigenvalue weighted by molar-refractivity contribution is -0.0575. The van der Waals surface area contributed by atoms with E-state index in [1.807, 2.05) is 0 Å². The number of rotatable bonds is 4. The van der Waals surface area contributed by atoms with Crippen LogP contribution in [0.4, 0.5) is 8.78 Å². The highest BCUT2D eigenvalue weighted by atomic mass is 19.1. The molecule has 3 heterocycles. The Labute approximate surface area is 166 Å². The lowest BCUT2D eigenvalue weighted by Gasteiger charge is -2.41. The second kappa shape index (κ2) is 8.13. The molecule has 0 amide bonds. The van der Waals surface area contributed by atoms with Gasteiger partial charge in [0.1, 0.15) is 23.6 Å². The van der Waals surface area contributed by atoms with Crippen LogP contribution < -0.4 is 5.73 Å². The summed E-state index contributed by atoms with van der Waals surface area (Å²) in [5.74, 6) is -0.649. The molecule has 3 atom stereocenters. The molecule has 29 heavy (non-hydrogen) atoms. The number of hydrogen-bond acceptors (Lipinski definition) is 7. The lowest BCUT2D eigenvalue weighted by atomic mass is 9.93. The minimum Gasteiger partial charge on any atom is -0.460 e. The number of halogens is 2. The van der Waals surface area contributed by atoms with E-state index in [9.17, 15) is 13.6 Å². The number of benzene rings is 1. The molecule has 0 radical (unpaired) electrons. The average Bonchev–Trinajstić information content (AvgIpc) is 3.13. The standard InChI is InChI=1S/C19H23F2N5O3/c1-2-28-19(27)18-24-23-16-9-25(5-6-26(16)18)12-8-15(22)17(29-10-12)13-7-11(20)3-4-14(13)21/h3-4,7,12,15,17H,2,5-6,8-10,22H2,1H3/t12-,15+,17-/m1/s1. The molecule has 0 bridgehead atoms. The summed E-state index contributed by atoms with van der Waals surface area (Å²) in [6, 6.07) is 2.84. The van der Waals surface area contributed by atoms with Crippen molar-refractivity contribution < 1.29 is 23.0 Å². The highest BCUT2D eigenvalue weighted by Crippen LogP contribution is 2.32. The molecule has 1 fully saturated rings. The minimum atomic E-state index is -0.689. The van der Waals surface area contributed by atoms with Gasteiger partial charge in [-0.05, 0) is 31.5 Å². The first-order valence-corrected chi connectivity index (χ1v) is 9.63. The smallest absolute Gasteiger partial charge is 0.376 e. The summed E-state index contributed by atoms with van der Waals surface area (Å²) < 4.78 is 40.3. The van der Waals surface area contributed by atoms with Crippen molar-refractivity contribution in [3.63, 3.8) is 0 Å². The fourth-order valence-electron chi connectivity index (χ4n) is 3.99. The van der Waals surface area contributed by atoms with Gasteiger partial charge in [0, 0.05) is 30.7 Å². The molecule has 10 heteroatoms. The molecule has 1 saturated heterocycles. The van der Waals surface area contributed by atoms with Crippen molar-refractivity contribution >= 4 is 5.97 Å². The fourth-order valence-corrected chi connectivity index (χ4v) is 3.99. The molecule has 4 rings (SSSR count). The van der Waals surface area contributed by atoms with E-state index < -0.39 is 29.7 Å². The van der Waals surface area contributed by atoms with Crippen LogP contribution in [0.2, 0.25) is 0 Å². The quantitative estimate of drug-likeness (QED) is 0.766. The van der Waals surface area contributed by atoms with Gasteiger partial charge < -0.3 is 19.8 Å². The van der Waals surface area contributed by atoms with Gasteiger partial charge in [-0.25, -0.2) is 13.6 Å². The number of carbonyl (C=O) groups excluding carboxylic acids is 1. The van der Waals surface area contributed by atoms with Crippen LogP contribution >= 0.6 is 0 Å². The Balaban J connectivity index is 1.43. The van der Waals surface area contributed by atoms with Gasteiger partial charge in [-0.3, -0.25) is 4.90 Å². The van der Waals surface area contributed by atoms with E-state index in [0.29, 0.717) is 38.5 Å². The zero-order valence-corrected chi connectivity index (χ0v) is 16.1. The summed E-state index contributed by atoms with van der Waals surface area (Å²) in [6.45, 7) is 4.06. The zero-order chi connectivity index (χ0) is 20.5. The Kier molecular flexibility index (Phi) is 5.57. The topological polar surface area (TPSA) is 95.5 Å². The normalized spacial score (nSPS) is 24.9. The van der Waals surface area contributed by atoms with Crippen molar-refractivity contribution in [2.75, 3.05) is 19.8 Å². The monoisotopic (exact) mass is 407 g/mol. The summed E-state index contributed by atoms with van der Waals surface area (Å²) in [5.41, 5.74) is 6.41. The fraction of sp³-hybridized carbons (Fsp3) is 0.526. The van der Waals surface area contributed by atoms with Crippen molar-refractivity contribution in [2.24, 2.45) is 5.73 Å². The van der Waals surface area contributed by atoms with Gasteiger partial charge in [-0.2, -0.15) is 0 Å². The van der Waals surface area contributed by atoms with E-state index in [2.05, 4.69) is 15.1 Å². The number of hydrogen-bond donors (Lipinski definition) is 1. The summed E-state index contributed by atoms with van der Waals surface area (Å²) >= 11 is 0. The van der Waals surface area contributed by atoms with Crippen LogP contribution in [0.1, 0.15) is 41.5 Å². The lowest BCUT2D eigenvalue weighted by Crippen LogP contribution is -2.51. The molecule has 1 aromatic heterocycles. The van der Waals surface area contributed by atoms with Crippen molar-refractivity contribution in [1.82, 2.24) is 19.7 Å². The summed E-state index contributed by atoms with van der Waals surface area (Å²) in [6.07, 6.45) is -0.120. The van der Waals surface area contributed by atoms with Crippen LogP contribution in [0, 0.1) is 11.6 Å².